The first-order valence-electron chi connectivity index (χ1n) is 4.40. The molecule has 80 valence electrons. The van der Waals surface area contributed by atoms with E-state index in [2.05, 4.69) is 5.32 Å². The van der Waals surface area contributed by atoms with Gasteiger partial charge in [-0.05, 0) is 0 Å². The number of amides is 1. The highest BCUT2D eigenvalue weighted by Gasteiger charge is 2.21. The normalized spacial score (nSPS) is 10.8. The lowest BCUT2D eigenvalue weighted by Gasteiger charge is -2.15. The highest BCUT2D eigenvalue weighted by molar-refractivity contribution is 5.96. The molecule has 0 aromatic carbocycles. The molecule has 4 N–H and O–H groups in total. The molecule has 0 spiro atoms. The van der Waals surface area contributed by atoms with Crippen LogP contribution in [-0.2, 0) is 9.59 Å². The van der Waals surface area contributed by atoms with E-state index in [1.54, 1.807) is 20.8 Å². The van der Waals surface area contributed by atoms with E-state index in [0.717, 1.165) is 0 Å². The van der Waals surface area contributed by atoms with Gasteiger partial charge < -0.3 is 5.73 Å². The zero-order chi connectivity index (χ0) is 11.4. The van der Waals surface area contributed by atoms with Crippen LogP contribution >= 0.6 is 0 Å². The van der Waals surface area contributed by atoms with Crippen LogP contribution in [0.4, 0.5) is 0 Å². The Bertz CT molecular complexity index is 253. The Morgan fingerprint density at radius 1 is 1.29 bits per heavy atom. The van der Waals surface area contributed by atoms with E-state index < -0.39 is 17.3 Å². The number of guanidine groups is 1. The molecule has 1 amide bonds. The molecular formula is C9H17N3O2. The molecule has 0 rings (SSSR count). The number of carbonyl (C=O) groups is 2. The quantitative estimate of drug-likeness (QED) is 0.453. The molecule has 0 radical (unpaired) electrons. The molecule has 0 aromatic heterocycles. The molecule has 0 bridgehead atoms. The number of nitrogens with two attached hydrogens (primary N) is 1. The van der Waals surface area contributed by atoms with Crippen molar-refractivity contribution < 1.29 is 9.59 Å². The molecule has 0 saturated heterocycles. The van der Waals surface area contributed by atoms with E-state index in [-0.39, 0.29) is 18.6 Å². The zero-order valence-electron chi connectivity index (χ0n) is 8.81. The minimum absolute atomic E-state index is 0.0243. The largest absolute Gasteiger partial charge is 0.370 e. The molecule has 0 aliphatic heterocycles. The maximum atomic E-state index is 11.4. The maximum Gasteiger partial charge on any atom is 0.227 e. The summed E-state index contributed by atoms with van der Waals surface area (Å²) in [7, 11) is 0. The van der Waals surface area contributed by atoms with E-state index in [0.29, 0.717) is 0 Å². The number of Topliss-reactive ketones (excluding diaryl/α,β-unsaturated/α-hetero) is 1. The van der Waals surface area contributed by atoms with Crippen molar-refractivity contribution in [2.24, 2.45) is 11.1 Å². The van der Waals surface area contributed by atoms with E-state index in [1.807, 2.05) is 0 Å². The van der Waals surface area contributed by atoms with Gasteiger partial charge in [0.2, 0.25) is 5.91 Å². The van der Waals surface area contributed by atoms with Gasteiger partial charge in [-0.1, -0.05) is 20.8 Å². The van der Waals surface area contributed by atoms with E-state index in [4.69, 9.17) is 11.1 Å². The molecule has 5 nitrogen and oxygen atoms in total. The first kappa shape index (κ1) is 12.6. The summed E-state index contributed by atoms with van der Waals surface area (Å²) in [6.45, 7) is 5.41. The average Bonchev–Trinajstić information content (AvgIpc) is 1.96. The van der Waals surface area contributed by atoms with Crippen LogP contribution in [0, 0.1) is 10.8 Å². The van der Waals surface area contributed by atoms with Gasteiger partial charge in [-0.15, -0.1) is 0 Å². The third-order valence-corrected chi connectivity index (χ3v) is 1.69. The first-order valence-corrected chi connectivity index (χ1v) is 4.40. The van der Waals surface area contributed by atoms with Crippen LogP contribution < -0.4 is 11.1 Å². The zero-order valence-corrected chi connectivity index (χ0v) is 8.81. The van der Waals surface area contributed by atoms with E-state index in [1.165, 1.54) is 0 Å². The Balaban J connectivity index is 3.90. The molecule has 0 atom stereocenters. The molecule has 0 unspecified atom stereocenters. The average molecular weight is 199 g/mol. The summed E-state index contributed by atoms with van der Waals surface area (Å²) in [6, 6.07) is 0. The van der Waals surface area contributed by atoms with Gasteiger partial charge in [0, 0.05) is 18.3 Å². The second-order valence-electron chi connectivity index (χ2n) is 4.14. The number of ketones is 1. The maximum absolute atomic E-state index is 11.4. The van der Waals surface area contributed by atoms with Gasteiger partial charge in [-0.2, -0.15) is 0 Å². The molecular weight excluding hydrogens is 182 g/mol. The third kappa shape index (κ3) is 5.29. The van der Waals surface area contributed by atoms with Crippen LogP contribution in [0.25, 0.3) is 0 Å². The highest BCUT2D eigenvalue weighted by atomic mass is 16.2. The molecule has 0 fully saturated rings. The van der Waals surface area contributed by atoms with Crippen molar-refractivity contribution >= 4 is 17.6 Å². The number of nitrogens with one attached hydrogen (secondary N) is 2. The first-order chi connectivity index (χ1) is 6.23. The van der Waals surface area contributed by atoms with Gasteiger partial charge in [0.15, 0.2) is 5.96 Å². The van der Waals surface area contributed by atoms with Gasteiger partial charge in [0.1, 0.15) is 5.78 Å². The summed E-state index contributed by atoms with van der Waals surface area (Å²) in [5.41, 5.74) is 4.53. The standard InChI is InChI=1S/C9H17N3O2/c1-9(2,3)6(13)4-5-7(14)12-8(10)11/h4-5H2,1-3H3,(H4,10,11,12,14). The van der Waals surface area contributed by atoms with Gasteiger partial charge in [0.25, 0.3) is 0 Å². The summed E-state index contributed by atoms with van der Waals surface area (Å²) >= 11 is 0. The lowest BCUT2D eigenvalue weighted by molar-refractivity contribution is -0.129. The van der Waals surface area contributed by atoms with E-state index in [9.17, 15) is 9.59 Å². The lowest BCUT2D eigenvalue weighted by atomic mass is 9.88. The minimum Gasteiger partial charge on any atom is -0.370 e. The van der Waals surface area contributed by atoms with Crippen LogP contribution in [0.5, 0.6) is 0 Å². The molecule has 0 saturated carbocycles. The van der Waals surface area contributed by atoms with Crippen LogP contribution in [0.3, 0.4) is 0 Å². The van der Waals surface area contributed by atoms with Crippen molar-refractivity contribution in [3.63, 3.8) is 0 Å². The van der Waals surface area contributed by atoms with E-state index >= 15 is 0 Å². The van der Waals surface area contributed by atoms with Gasteiger partial charge in [-0.25, -0.2) is 0 Å². The Morgan fingerprint density at radius 2 is 1.79 bits per heavy atom. The summed E-state index contributed by atoms with van der Waals surface area (Å²) < 4.78 is 0. The summed E-state index contributed by atoms with van der Waals surface area (Å²) in [5.74, 6) is -0.760. The molecule has 5 heteroatoms. The molecule has 0 aliphatic carbocycles. The Hall–Kier alpha value is -1.39. The highest BCUT2D eigenvalue weighted by Crippen LogP contribution is 2.17. The number of carbonyl (C=O) groups excluding carboxylic acids is 2. The fourth-order valence-corrected chi connectivity index (χ4v) is 0.815. The summed E-state index contributed by atoms with van der Waals surface area (Å²) in [4.78, 5) is 22.4. The van der Waals surface area contributed by atoms with Gasteiger partial charge in [0.05, 0.1) is 0 Å². The van der Waals surface area contributed by atoms with Crippen molar-refractivity contribution in [1.82, 2.24) is 5.32 Å². The van der Waals surface area contributed by atoms with Crippen molar-refractivity contribution in [1.29, 1.82) is 5.41 Å². The van der Waals surface area contributed by atoms with Crippen molar-refractivity contribution in [3.8, 4) is 0 Å². The Morgan fingerprint density at radius 3 is 2.14 bits per heavy atom. The van der Waals surface area contributed by atoms with Crippen molar-refractivity contribution in [3.05, 3.63) is 0 Å². The predicted octanol–water partition coefficient (Wildman–Crippen LogP) is 0.391. The van der Waals surface area contributed by atoms with Crippen LogP contribution in [0.15, 0.2) is 0 Å². The monoisotopic (exact) mass is 199 g/mol. The SMILES string of the molecule is CC(C)(C)C(=O)CCC(=O)NC(=N)N. The summed E-state index contributed by atoms with van der Waals surface area (Å²) in [6.07, 6.45) is 0.262. The second-order valence-corrected chi connectivity index (χ2v) is 4.14. The summed E-state index contributed by atoms with van der Waals surface area (Å²) in [5, 5.41) is 8.91. The van der Waals surface area contributed by atoms with Crippen molar-refractivity contribution in [2.45, 2.75) is 33.6 Å². The number of rotatable bonds is 3. The lowest BCUT2D eigenvalue weighted by Crippen LogP contribution is -2.36. The minimum atomic E-state index is -0.420. The third-order valence-electron chi connectivity index (χ3n) is 1.69. The van der Waals surface area contributed by atoms with Gasteiger partial charge in [-0.3, -0.25) is 20.3 Å². The van der Waals surface area contributed by atoms with Crippen LogP contribution in [-0.4, -0.2) is 17.6 Å². The topological polar surface area (TPSA) is 96.0 Å². The van der Waals surface area contributed by atoms with Crippen LogP contribution in [0.2, 0.25) is 0 Å². The molecule has 14 heavy (non-hydrogen) atoms. The second kappa shape index (κ2) is 4.74. The molecule has 0 aromatic rings. The van der Waals surface area contributed by atoms with Crippen LogP contribution in [0.1, 0.15) is 33.6 Å². The van der Waals surface area contributed by atoms with Gasteiger partial charge >= 0.3 is 0 Å². The smallest absolute Gasteiger partial charge is 0.227 e. The number of hydrogen-bond donors (Lipinski definition) is 3. The molecule has 0 aliphatic rings. The molecule has 0 heterocycles. The van der Waals surface area contributed by atoms with Crippen molar-refractivity contribution in [2.75, 3.05) is 0 Å². The fraction of sp³-hybridized carbons (Fsp3) is 0.667. The Kier molecular flexibility index (Phi) is 4.27. The predicted molar refractivity (Wildman–Crippen MR) is 53.8 cm³/mol. The number of hydrogen-bond acceptors (Lipinski definition) is 3. The Labute approximate surface area is 83.6 Å². The fourth-order valence-electron chi connectivity index (χ4n) is 0.815.